The average molecular weight is 204 g/mol. The highest BCUT2D eigenvalue weighted by atomic mass is 16.5. The van der Waals surface area contributed by atoms with Crippen LogP contribution in [0.4, 0.5) is 0 Å². The quantitative estimate of drug-likeness (QED) is 0.484. The highest BCUT2D eigenvalue weighted by Crippen LogP contribution is 2.52. The third-order valence-corrected chi connectivity index (χ3v) is 4.06. The highest BCUT2D eigenvalue weighted by Gasteiger charge is 2.48. The topological polar surface area (TPSA) is 26.3 Å². The fourth-order valence-electron chi connectivity index (χ4n) is 3.56. The van der Waals surface area contributed by atoms with Crippen LogP contribution >= 0.6 is 0 Å². The number of carbonyl (C=O) groups excluding carboxylic acids is 1. The Labute approximate surface area is 90.0 Å². The van der Waals surface area contributed by atoms with Gasteiger partial charge in [0, 0.05) is 19.3 Å². The number of allylic oxidation sites excluding steroid dienone is 3. The van der Waals surface area contributed by atoms with Crippen molar-refractivity contribution in [2.75, 3.05) is 0 Å². The molecule has 0 unspecified atom stereocenters. The lowest BCUT2D eigenvalue weighted by Crippen LogP contribution is -2.35. The zero-order valence-electron chi connectivity index (χ0n) is 8.93. The van der Waals surface area contributed by atoms with Crippen LogP contribution in [0.5, 0.6) is 0 Å². The maximum absolute atomic E-state index is 11.0. The van der Waals surface area contributed by atoms with Crippen LogP contribution in [0.3, 0.4) is 0 Å². The maximum Gasteiger partial charge on any atom is 0.302 e. The van der Waals surface area contributed by atoms with Gasteiger partial charge < -0.3 is 4.74 Å². The van der Waals surface area contributed by atoms with Gasteiger partial charge in [0.15, 0.2) is 0 Å². The van der Waals surface area contributed by atoms with Crippen molar-refractivity contribution in [1.29, 1.82) is 0 Å². The first-order chi connectivity index (χ1) is 7.25. The Kier molecular flexibility index (Phi) is 1.98. The standard InChI is InChI=1S/C13H16O2/c1-8(14)15-12-4-2-3-11-9-5-6-10(7-9)13(11)12/h2-3,5-6,9-13H,4,7H2,1H3/t9-,10+,11-,12-,13+/m1/s1. The molecule has 0 radical (unpaired) electrons. The first-order valence-electron chi connectivity index (χ1n) is 5.78. The Hall–Kier alpha value is -1.05. The maximum atomic E-state index is 11.0. The van der Waals surface area contributed by atoms with Crippen molar-refractivity contribution in [1.82, 2.24) is 0 Å². The summed E-state index contributed by atoms with van der Waals surface area (Å²) >= 11 is 0. The minimum atomic E-state index is -0.138. The molecule has 2 heteroatoms. The molecule has 0 N–H and O–H groups in total. The summed E-state index contributed by atoms with van der Waals surface area (Å²) < 4.78 is 5.43. The van der Waals surface area contributed by atoms with Crippen molar-refractivity contribution in [3.8, 4) is 0 Å². The fraction of sp³-hybridized carbons (Fsp3) is 0.615. The molecule has 0 saturated heterocycles. The summed E-state index contributed by atoms with van der Waals surface area (Å²) in [6.07, 6.45) is 11.5. The number of carbonyl (C=O) groups is 1. The van der Waals surface area contributed by atoms with Crippen molar-refractivity contribution in [3.05, 3.63) is 24.3 Å². The molecule has 1 saturated carbocycles. The molecule has 0 aromatic carbocycles. The van der Waals surface area contributed by atoms with E-state index in [1.54, 1.807) is 0 Å². The molecular formula is C13H16O2. The number of ether oxygens (including phenoxy) is 1. The minimum Gasteiger partial charge on any atom is -0.462 e. The molecule has 2 nitrogen and oxygen atoms in total. The van der Waals surface area contributed by atoms with Gasteiger partial charge in [0.05, 0.1) is 0 Å². The Bertz CT molecular complexity index is 342. The van der Waals surface area contributed by atoms with Gasteiger partial charge in [-0.25, -0.2) is 0 Å². The third kappa shape index (κ3) is 1.35. The summed E-state index contributed by atoms with van der Waals surface area (Å²) in [6, 6.07) is 0. The summed E-state index contributed by atoms with van der Waals surface area (Å²) in [7, 11) is 0. The zero-order valence-corrected chi connectivity index (χ0v) is 8.93. The van der Waals surface area contributed by atoms with E-state index >= 15 is 0 Å². The van der Waals surface area contributed by atoms with Crippen molar-refractivity contribution >= 4 is 5.97 Å². The van der Waals surface area contributed by atoms with Crippen LogP contribution in [0.1, 0.15) is 19.8 Å². The second-order valence-electron chi connectivity index (χ2n) is 4.91. The Morgan fingerprint density at radius 3 is 2.87 bits per heavy atom. The molecule has 0 aliphatic heterocycles. The zero-order chi connectivity index (χ0) is 10.4. The predicted octanol–water partition coefficient (Wildman–Crippen LogP) is 2.32. The van der Waals surface area contributed by atoms with E-state index in [9.17, 15) is 4.79 Å². The summed E-state index contributed by atoms with van der Waals surface area (Å²) in [6.45, 7) is 1.51. The van der Waals surface area contributed by atoms with Gasteiger partial charge in [0.2, 0.25) is 0 Å². The van der Waals surface area contributed by atoms with E-state index < -0.39 is 0 Å². The molecule has 0 heterocycles. The van der Waals surface area contributed by atoms with Crippen LogP contribution in [0, 0.1) is 23.7 Å². The molecule has 0 aromatic heterocycles. The normalized spacial score (nSPS) is 45.5. The molecule has 0 amide bonds. The Morgan fingerprint density at radius 1 is 1.27 bits per heavy atom. The average Bonchev–Trinajstić information content (AvgIpc) is 2.77. The largest absolute Gasteiger partial charge is 0.462 e. The van der Waals surface area contributed by atoms with Gasteiger partial charge in [-0.3, -0.25) is 4.79 Å². The molecule has 3 aliphatic rings. The van der Waals surface area contributed by atoms with Crippen LogP contribution in [0.15, 0.2) is 24.3 Å². The fourth-order valence-corrected chi connectivity index (χ4v) is 3.56. The number of esters is 1. The minimum absolute atomic E-state index is 0.123. The molecule has 0 spiro atoms. The summed E-state index contributed by atoms with van der Waals surface area (Å²) in [5, 5.41) is 0. The number of rotatable bonds is 1. The highest BCUT2D eigenvalue weighted by molar-refractivity contribution is 5.66. The molecule has 80 valence electrons. The van der Waals surface area contributed by atoms with E-state index in [-0.39, 0.29) is 12.1 Å². The summed E-state index contributed by atoms with van der Waals surface area (Å²) in [5.74, 6) is 2.39. The van der Waals surface area contributed by atoms with Crippen molar-refractivity contribution < 1.29 is 9.53 Å². The molecule has 3 aliphatic carbocycles. The van der Waals surface area contributed by atoms with Crippen LogP contribution in [0.2, 0.25) is 0 Å². The monoisotopic (exact) mass is 204 g/mol. The van der Waals surface area contributed by atoms with E-state index in [0.717, 1.165) is 6.42 Å². The van der Waals surface area contributed by atoms with Crippen LogP contribution in [-0.2, 0) is 9.53 Å². The molecule has 15 heavy (non-hydrogen) atoms. The smallest absolute Gasteiger partial charge is 0.302 e. The van der Waals surface area contributed by atoms with Gasteiger partial charge in [0.25, 0.3) is 0 Å². The van der Waals surface area contributed by atoms with E-state index in [2.05, 4.69) is 24.3 Å². The van der Waals surface area contributed by atoms with E-state index in [1.165, 1.54) is 13.3 Å². The lowest BCUT2D eigenvalue weighted by molar-refractivity contribution is -0.150. The Balaban J connectivity index is 1.85. The van der Waals surface area contributed by atoms with Gasteiger partial charge in [-0.2, -0.15) is 0 Å². The Morgan fingerprint density at radius 2 is 2.07 bits per heavy atom. The van der Waals surface area contributed by atoms with E-state index in [4.69, 9.17) is 4.74 Å². The second kappa shape index (κ2) is 3.22. The first kappa shape index (κ1) is 9.20. The van der Waals surface area contributed by atoms with Crippen LogP contribution in [-0.4, -0.2) is 12.1 Å². The van der Waals surface area contributed by atoms with Crippen molar-refractivity contribution in [2.24, 2.45) is 23.7 Å². The van der Waals surface area contributed by atoms with Crippen molar-refractivity contribution in [2.45, 2.75) is 25.9 Å². The van der Waals surface area contributed by atoms with Gasteiger partial charge >= 0.3 is 5.97 Å². The summed E-state index contributed by atoms with van der Waals surface area (Å²) in [4.78, 5) is 11.0. The number of fused-ring (bicyclic) bond motifs is 5. The van der Waals surface area contributed by atoms with Gasteiger partial charge in [0.1, 0.15) is 6.10 Å². The van der Waals surface area contributed by atoms with Gasteiger partial charge in [-0.15, -0.1) is 0 Å². The van der Waals surface area contributed by atoms with E-state index in [0.29, 0.717) is 23.7 Å². The molecule has 3 rings (SSSR count). The number of hydrogen-bond acceptors (Lipinski definition) is 2. The summed E-state index contributed by atoms with van der Waals surface area (Å²) in [5.41, 5.74) is 0. The molecule has 5 atom stereocenters. The lowest BCUT2D eigenvalue weighted by atomic mass is 9.75. The third-order valence-electron chi connectivity index (χ3n) is 4.06. The van der Waals surface area contributed by atoms with Crippen LogP contribution in [0.25, 0.3) is 0 Å². The van der Waals surface area contributed by atoms with E-state index in [1.807, 2.05) is 0 Å². The SMILES string of the molecule is CC(=O)O[C@@H]1CC=C[C@H]2[C@@H]1[C@H]1C=C[C@@H]2C1. The van der Waals surface area contributed by atoms with Crippen molar-refractivity contribution in [3.63, 3.8) is 0 Å². The molecule has 0 aromatic rings. The predicted molar refractivity (Wildman–Crippen MR) is 57.0 cm³/mol. The lowest BCUT2D eigenvalue weighted by Gasteiger charge is -2.35. The molecule has 2 bridgehead atoms. The molecular weight excluding hydrogens is 188 g/mol. The van der Waals surface area contributed by atoms with Gasteiger partial charge in [-0.1, -0.05) is 24.3 Å². The molecule has 1 fully saturated rings. The van der Waals surface area contributed by atoms with Gasteiger partial charge in [-0.05, 0) is 24.2 Å². The second-order valence-corrected chi connectivity index (χ2v) is 4.91. The number of hydrogen-bond donors (Lipinski definition) is 0. The first-order valence-corrected chi connectivity index (χ1v) is 5.78. The van der Waals surface area contributed by atoms with Crippen LogP contribution < -0.4 is 0 Å².